The second-order valence-electron chi connectivity index (χ2n) is 4.99. The predicted molar refractivity (Wildman–Crippen MR) is 78.1 cm³/mol. The van der Waals surface area contributed by atoms with Gasteiger partial charge in [0.15, 0.2) is 0 Å². The van der Waals surface area contributed by atoms with Crippen LogP contribution in [0, 0.1) is 0 Å². The van der Waals surface area contributed by atoms with E-state index >= 15 is 0 Å². The molecule has 2 rings (SSSR count). The SMILES string of the molecule is CCOC(=O)N1CCOC(c2ccc(N(C)C)cc2)C1. The lowest BCUT2D eigenvalue weighted by Gasteiger charge is -2.32. The summed E-state index contributed by atoms with van der Waals surface area (Å²) < 4.78 is 10.8. The Hall–Kier alpha value is -1.75. The van der Waals surface area contributed by atoms with Gasteiger partial charge in [-0.1, -0.05) is 12.1 Å². The van der Waals surface area contributed by atoms with Gasteiger partial charge < -0.3 is 19.3 Å². The molecule has 0 aliphatic carbocycles. The molecule has 0 spiro atoms. The Bertz CT molecular complexity index is 445. The molecule has 0 bridgehead atoms. The topological polar surface area (TPSA) is 42.0 Å². The molecule has 5 nitrogen and oxygen atoms in total. The molecule has 1 aliphatic heterocycles. The Kier molecular flexibility index (Phi) is 4.84. The summed E-state index contributed by atoms with van der Waals surface area (Å²) in [6.45, 7) is 3.89. The molecule has 0 saturated carbocycles. The lowest BCUT2D eigenvalue weighted by molar-refractivity contribution is -0.0279. The first-order valence-electron chi connectivity index (χ1n) is 6.92. The molecule has 1 saturated heterocycles. The minimum Gasteiger partial charge on any atom is -0.450 e. The molecular formula is C15H22N2O3. The van der Waals surface area contributed by atoms with Crippen LogP contribution < -0.4 is 4.90 Å². The predicted octanol–water partition coefficient (Wildman–Crippen LogP) is 2.28. The highest BCUT2D eigenvalue weighted by Crippen LogP contribution is 2.24. The summed E-state index contributed by atoms with van der Waals surface area (Å²) in [5.74, 6) is 0. The lowest BCUT2D eigenvalue weighted by Crippen LogP contribution is -2.42. The van der Waals surface area contributed by atoms with E-state index in [9.17, 15) is 4.79 Å². The zero-order chi connectivity index (χ0) is 14.5. The number of nitrogens with zero attached hydrogens (tertiary/aromatic N) is 2. The van der Waals surface area contributed by atoms with Crippen LogP contribution in [0.3, 0.4) is 0 Å². The maximum Gasteiger partial charge on any atom is 0.409 e. The molecule has 1 fully saturated rings. The first-order chi connectivity index (χ1) is 9.61. The summed E-state index contributed by atoms with van der Waals surface area (Å²) in [5, 5.41) is 0. The van der Waals surface area contributed by atoms with Crippen LogP contribution >= 0.6 is 0 Å². The number of rotatable bonds is 3. The Morgan fingerprint density at radius 2 is 2.10 bits per heavy atom. The first-order valence-corrected chi connectivity index (χ1v) is 6.92. The molecule has 0 radical (unpaired) electrons. The summed E-state index contributed by atoms with van der Waals surface area (Å²) in [4.78, 5) is 15.5. The maximum atomic E-state index is 11.8. The Morgan fingerprint density at radius 1 is 1.40 bits per heavy atom. The third kappa shape index (κ3) is 3.42. The van der Waals surface area contributed by atoms with Gasteiger partial charge in [0.1, 0.15) is 6.10 Å². The molecule has 110 valence electrons. The molecule has 1 atom stereocenters. The monoisotopic (exact) mass is 278 g/mol. The second-order valence-corrected chi connectivity index (χ2v) is 4.99. The fraction of sp³-hybridized carbons (Fsp3) is 0.533. The van der Waals surface area contributed by atoms with Gasteiger partial charge in [-0.3, -0.25) is 0 Å². The number of morpholine rings is 1. The molecule has 1 aliphatic rings. The average molecular weight is 278 g/mol. The highest BCUT2D eigenvalue weighted by Gasteiger charge is 2.26. The van der Waals surface area contributed by atoms with Crippen molar-refractivity contribution in [2.45, 2.75) is 13.0 Å². The zero-order valence-corrected chi connectivity index (χ0v) is 12.3. The number of carbonyl (C=O) groups excluding carboxylic acids is 1. The van der Waals surface area contributed by atoms with E-state index in [1.165, 1.54) is 0 Å². The van der Waals surface area contributed by atoms with Crippen LogP contribution in [0.2, 0.25) is 0 Å². The van der Waals surface area contributed by atoms with E-state index in [-0.39, 0.29) is 12.2 Å². The van der Waals surface area contributed by atoms with Gasteiger partial charge in [0.2, 0.25) is 0 Å². The zero-order valence-electron chi connectivity index (χ0n) is 12.3. The Labute approximate surface area is 120 Å². The van der Waals surface area contributed by atoms with E-state index in [0.29, 0.717) is 26.3 Å². The van der Waals surface area contributed by atoms with Crippen LogP contribution in [0.4, 0.5) is 10.5 Å². The van der Waals surface area contributed by atoms with Gasteiger partial charge >= 0.3 is 6.09 Å². The number of anilines is 1. The molecule has 1 amide bonds. The summed E-state index contributed by atoms with van der Waals surface area (Å²) in [6.07, 6.45) is -0.338. The van der Waals surface area contributed by atoms with Gasteiger partial charge in [-0.15, -0.1) is 0 Å². The summed E-state index contributed by atoms with van der Waals surface area (Å²) >= 11 is 0. The van der Waals surface area contributed by atoms with E-state index in [1.807, 2.05) is 21.0 Å². The maximum absolute atomic E-state index is 11.8. The van der Waals surface area contributed by atoms with E-state index in [4.69, 9.17) is 9.47 Å². The van der Waals surface area contributed by atoms with Crippen molar-refractivity contribution in [1.82, 2.24) is 4.90 Å². The number of carbonyl (C=O) groups is 1. The molecule has 1 heterocycles. The second kappa shape index (κ2) is 6.61. The van der Waals surface area contributed by atoms with Crippen LogP contribution in [0.5, 0.6) is 0 Å². The molecule has 0 aromatic heterocycles. The molecule has 1 aromatic rings. The van der Waals surface area contributed by atoms with Crippen molar-refractivity contribution in [2.24, 2.45) is 0 Å². The number of benzene rings is 1. The van der Waals surface area contributed by atoms with Crippen molar-refractivity contribution in [3.63, 3.8) is 0 Å². The highest BCUT2D eigenvalue weighted by atomic mass is 16.6. The number of hydrogen-bond donors (Lipinski definition) is 0. The summed E-state index contributed by atoms with van der Waals surface area (Å²) in [5.41, 5.74) is 2.23. The standard InChI is InChI=1S/C15H22N2O3/c1-4-19-15(18)17-9-10-20-14(11-17)12-5-7-13(8-6-12)16(2)3/h5-8,14H,4,9-11H2,1-3H3. The molecule has 1 aromatic carbocycles. The van der Waals surface area contributed by atoms with Gasteiger partial charge in [-0.2, -0.15) is 0 Å². The van der Waals surface area contributed by atoms with Crippen LogP contribution in [0.15, 0.2) is 24.3 Å². The van der Waals surface area contributed by atoms with E-state index in [0.717, 1.165) is 11.3 Å². The molecule has 0 N–H and O–H groups in total. The van der Waals surface area contributed by atoms with E-state index < -0.39 is 0 Å². The normalized spacial score (nSPS) is 18.8. The van der Waals surface area contributed by atoms with Crippen molar-refractivity contribution in [3.8, 4) is 0 Å². The van der Waals surface area contributed by atoms with Gasteiger partial charge in [0.25, 0.3) is 0 Å². The van der Waals surface area contributed by atoms with Crippen LogP contribution in [-0.2, 0) is 9.47 Å². The largest absolute Gasteiger partial charge is 0.450 e. The van der Waals surface area contributed by atoms with Crippen molar-refractivity contribution < 1.29 is 14.3 Å². The van der Waals surface area contributed by atoms with Gasteiger partial charge in [0, 0.05) is 26.3 Å². The minimum atomic E-state index is -0.259. The van der Waals surface area contributed by atoms with Crippen molar-refractivity contribution in [2.75, 3.05) is 45.3 Å². The Morgan fingerprint density at radius 3 is 2.70 bits per heavy atom. The quantitative estimate of drug-likeness (QED) is 0.850. The van der Waals surface area contributed by atoms with Crippen LogP contribution in [0.1, 0.15) is 18.6 Å². The number of amides is 1. The smallest absolute Gasteiger partial charge is 0.409 e. The molecule has 5 heteroatoms. The fourth-order valence-corrected chi connectivity index (χ4v) is 2.22. The summed E-state index contributed by atoms with van der Waals surface area (Å²) in [7, 11) is 4.02. The Balaban J connectivity index is 2.03. The van der Waals surface area contributed by atoms with Crippen LogP contribution in [-0.4, -0.2) is 51.4 Å². The van der Waals surface area contributed by atoms with Crippen LogP contribution in [0.25, 0.3) is 0 Å². The first kappa shape index (κ1) is 14.7. The molecular weight excluding hydrogens is 256 g/mol. The van der Waals surface area contributed by atoms with Crippen molar-refractivity contribution in [1.29, 1.82) is 0 Å². The van der Waals surface area contributed by atoms with Gasteiger partial charge in [-0.05, 0) is 24.6 Å². The third-order valence-corrected chi connectivity index (χ3v) is 3.37. The third-order valence-electron chi connectivity index (χ3n) is 3.37. The van der Waals surface area contributed by atoms with E-state index in [2.05, 4.69) is 29.2 Å². The van der Waals surface area contributed by atoms with Gasteiger partial charge in [0.05, 0.1) is 19.8 Å². The van der Waals surface area contributed by atoms with Gasteiger partial charge in [-0.25, -0.2) is 4.79 Å². The van der Waals surface area contributed by atoms with Crippen molar-refractivity contribution >= 4 is 11.8 Å². The lowest BCUT2D eigenvalue weighted by atomic mass is 10.1. The molecule has 1 unspecified atom stereocenters. The summed E-state index contributed by atoms with van der Waals surface area (Å²) in [6, 6.07) is 8.22. The number of ether oxygens (including phenoxy) is 2. The molecule has 20 heavy (non-hydrogen) atoms. The number of hydrogen-bond acceptors (Lipinski definition) is 4. The van der Waals surface area contributed by atoms with E-state index in [1.54, 1.807) is 4.90 Å². The van der Waals surface area contributed by atoms with Crippen molar-refractivity contribution in [3.05, 3.63) is 29.8 Å². The minimum absolute atomic E-state index is 0.0793. The highest BCUT2D eigenvalue weighted by molar-refractivity contribution is 5.67. The fourth-order valence-electron chi connectivity index (χ4n) is 2.22. The average Bonchev–Trinajstić information content (AvgIpc) is 2.48.